The maximum Gasteiger partial charge on any atom is 0.242 e. The van der Waals surface area contributed by atoms with Crippen LogP contribution in [-0.2, 0) is 9.59 Å². The summed E-state index contributed by atoms with van der Waals surface area (Å²) in [5.41, 5.74) is 0. The standard InChI is InChI=1S/C10H16N2O2S/c1-10(3-2-4-15-10)7-12-6-8(13)11-5-9(12)14/h2-7H2,1H3,(H,11,13). The van der Waals surface area contributed by atoms with Gasteiger partial charge in [0.25, 0.3) is 0 Å². The molecule has 2 heterocycles. The Morgan fingerprint density at radius 2 is 2.33 bits per heavy atom. The molecule has 2 fully saturated rings. The van der Waals surface area contributed by atoms with Gasteiger partial charge in [0.05, 0.1) is 13.1 Å². The van der Waals surface area contributed by atoms with Crippen molar-refractivity contribution in [2.75, 3.05) is 25.4 Å². The molecule has 0 aromatic rings. The Morgan fingerprint density at radius 1 is 1.53 bits per heavy atom. The second-order valence-electron chi connectivity index (χ2n) is 4.43. The average molecular weight is 228 g/mol. The molecule has 1 N–H and O–H groups in total. The van der Waals surface area contributed by atoms with Gasteiger partial charge >= 0.3 is 0 Å². The second kappa shape index (κ2) is 4.04. The van der Waals surface area contributed by atoms with Crippen LogP contribution in [0.4, 0.5) is 0 Å². The number of piperazine rings is 1. The highest BCUT2D eigenvalue weighted by Gasteiger charge is 2.35. The van der Waals surface area contributed by atoms with E-state index in [1.165, 1.54) is 12.2 Å². The summed E-state index contributed by atoms with van der Waals surface area (Å²) in [5.74, 6) is 1.18. The van der Waals surface area contributed by atoms with Gasteiger partial charge in [-0.2, -0.15) is 11.8 Å². The number of nitrogens with one attached hydrogen (secondary N) is 1. The summed E-state index contributed by atoms with van der Waals surface area (Å²) in [6.45, 7) is 3.29. The minimum absolute atomic E-state index is 0.0406. The summed E-state index contributed by atoms with van der Waals surface area (Å²) < 4.78 is 0.160. The fourth-order valence-electron chi connectivity index (χ4n) is 2.11. The van der Waals surface area contributed by atoms with E-state index in [2.05, 4.69) is 12.2 Å². The van der Waals surface area contributed by atoms with E-state index in [4.69, 9.17) is 0 Å². The first kappa shape index (κ1) is 10.8. The molecule has 2 aliphatic rings. The minimum atomic E-state index is -0.0406. The molecular formula is C10H16N2O2S. The predicted molar refractivity (Wildman–Crippen MR) is 59.7 cm³/mol. The van der Waals surface area contributed by atoms with Crippen LogP contribution in [0.15, 0.2) is 0 Å². The first-order chi connectivity index (χ1) is 7.09. The lowest BCUT2D eigenvalue weighted by molar-refractivity contribution is -0.140. The number of hydrogen-bond donors (Lipinski definition) is 1. The van der Waals surface area contributed by atoms with Gasteiger partial charge in [-0.1, -0.05) is 0 Å². The molecule has 0 aromatic heterocycles. The van der Waals surface area contributed by atoms with Crippen LogP contribution in [0.3, 0.4) is 0 Å². The normalized spacial score (nSPS) is 31.9. The van der Waals surface area contributed by atoms with Crippen LogP contribution in [0.1, 0.15) is 19.8 Å². The molecule has 2 amide bonds. The molecule has 0 spiro atoms. The topological polar surface area (TPSA) is 49.4 Å². The molecule has 0 radical (unpaired) electrons. The lowest BCUT2D eigenvalue weighted by Crippen LogP contribution is -2.54. The number of rotatable bonds is 2. The molecule has 15 heavy (non-hydrogen) atoms. The van der Waals surface area contributed by atoms with Crippen LogP contribution in [-0.4, -0.2) is 46.8 Å². The molecule has 0 aliphatic carbocycles. The lowest BCUT2D eigenvalue weighted by Gasteiger charge is -2.33. The van der Waals surface area contributed by atoms with Crippen molar-refractivity contribution in [1.29, 1.82) is 0 Å². The number of thioether (sulfide) groups is 1. The molecular weight excluding hydrogens is 212 g/mol. The smallest absolute Gasteiger partial charge is 0.242 e. The summed E-state index contributed by atoms with van der Waals surface area (Å²) in [4.78, 5) is 24.4. The van der Waals surface area contributed by atoms with E-state index in [1.807, 2.05) is 11.8 Å². The van der Waals surface area contributed by atoms with E-state index in [0.29, 0.717) is 6.54 Å². The Kier molecular flexibility index (Phi) is 2.91. The predicted octanol–water partition coefficient (Wildman–Crippen LogP) is 0.230. The van der Waals surface area contributed by atoms with Gasteiger partial charge in [0.2, 0.25) is 11.8 Å². The number of carbonyl (C=O) groups excluding carboxylic acids is 2. The summed E-state index contributed by atoms with van der Waals surface area (Å²) in [5, 5.41) is 2.56. The summed E-state index contributed by atoms with van der Waals surface area (Å²) in [6, 6.07) is 0. The Morgan fingerprint density at radius 3 is 3.00 bits per heavy atom. The van der Waals surface area contributed by atoms with Crippen molar-refractivity contribution in [2.24, 2.45) is 0 Å². The minimum Gasteiger partial charge on any atom is -0.345 e. The molecule has 2 aliphatic heterocycles. The van der Waals surface area contributed by atoms with E-state index in [1.54, 1.807) is 4.90 Å². The second-order valence-corrected chi connectivity index (χ2v) is 6.11. The quantitative estimate of drug-likeness (QED) is 0.736. The van der Waals surface area contributed by atoms with Crippen molar-refractivity contribution in [2.45, 2.75) is 24.5 Å². The van der Waals surface area contributed by atoms with Gasteiger partial charge in [0.1, 0.15) is 0 Å². The van der Waals surface area contributed by atoms with Gasteiger partial charge in [-0.05, 0) is 25.5 Å². The molecule has 5 heteroatoms. The van der Waals surface area contributed by atoms with Gasteiger partial charge in [0, 0.05) is 11.3 Å². The highest BCUT2D eigenvalue weighted by molar-refractivity contribution is 8.00. The number of nitrogens with zero attached hydrogens (tertiary/aromatic N) is 1. The fourth-order valence-corrected chi connectivity index (χ4v) is 3.43. The van der Waals surface area contributed by atoms with E-state index >= 15 is 0 Å². The third kappa shape index (κ3) is 2.45. The van der Waals surface area contributed by atoms with Crippen molar-refractivity contribution in [3.05, 3.63) is 0 Å². The molecule has 1 unspecified atom stereocenters. The summed E-state index contributed by atoms with van der Waals surface area (Å²) in [6.07, 6.45) is 2.36. The lowest BCUT2D eigenvalue weighted by atomic mass is 10.0. The van der Waals surface area contributed by atoms with Crippen molar-refractivity contribution in [3.63, 3.8) is 0 Å². The van der Waals surface area contributed by atoms with Crippen molar-refractivity contribution < 1.29 is 9.59 Å². The first-order valence-corrected chi connectivity index (χ1v) is 6.26. The van der Waals surface area contributed by atoms with Crippen LogP contribution in [0, 0.1) is 0 Å². The van der Waals surface area contributed by atoms with Crippen molar-refractivity contribution in [1.82, 2.24) is 10.2 Å². The van der Waals surface area contributed by atoms with Gasteiger partial charge in [-0.15, -0.1) is 0 Å². The molecule has 4 nitrogen and oxygen atoms in total. The van der Waals surface area contributed by atoms with E-state index < -0.39 is 0 Å². The molecule has 0 bridgehead atoms. The highest BCUT2D eigenvalue weighted by atomic mass is 32.2. The number of hydrogen-bond acceptors (Lipinski definition) is 3. The van der Waals surface area contributed by atoms with E-state index in [-0.39, 0.29) is 29.7 Å². The maximum absolute atomic E-state index is 11.6. The van der Waals surface area contributed by atoms with Crippen LogP contribution in [0.5, 0.6) is 0 Å². The third-order valence-corrected chi connectivity index (χ3v) is 4.47. The van der Waals surface area contributed by atoms with Crippen molar-refractivity contribution >= 4 is 23.6 Å². The zero-order valence-electron chi connectivity index (χ0n) is 8.91. The van der Waals surface area contributed by atoms with Gasteiger partial charge in [-0.3, -0.25) is 9.59 Å². The Bertz CT molecular complexity index is 287. The van der Waals surface area contributed by atoms with Crippen molar-refractivity contribution in [3.8, 4) is 0 Å². The van der Waals surface area contributed by atoms with Crippen LogP contribution in [0.2, 0.25) is 0 Å². The molecule has 0 saturated carbocycles. The van der Waals surface area contributed by atoms with E-state index in [9.17, 15) is 9.59 Å². The Hall–Kier alpha value is -0.710. The number of carbonyl (C=O) groups is 2. The Balaban J connectivity index is 1.97. The molecule has 2 rings (SSSR count). The Labute approximate surface area is 93.8 Å². The first-order valence-electron chi connectivity index (χ1n) is 5.27. The largest absolute Gasteiger partial charge is 0.345 e. The molecule has 2 saturated heterocycles. The van der Waals surface area contributed by atoms with Crippen LogP contribution in [0.25, 0.3) is 0 Å². The fraction of sp³-hybridized carbons (Fsp3) is 0.800. The monoisotopic (exact) mass is 228 g/mol. The summed E-state index contributed by atoms with van der Waals surface area (Å²) >= 11 is 1.92. The number of amides is 2. The average Bonchev–Trinajstić information content (AvgIpc) is 2.59. The van der Waals surface area contributed by atoms with Gasteiger partial charge in [-0.25, -0.2) is 0 Å². The summed E-state index contributed by atoms with van der Waals surface area (Å²) in [7, 11) is 0. The van der Waals surface area contributed by atoms with E-state index in [0.717, 1.165) is 6.42 Å². The highest BCUT2D eigenvalue weighted by Crippen LogP contribution is 2.38. The zero-order valence-corrected chi connectivity index (χ0v) is 9.73. The third-order valence-electron chi connectivity index (χ3n) is 2.95. The maximum atomic E-state index is 11.6. The molecule has 1 atom stereocenters. The van der Waals surface area contributed by atoms with Crippen LogP contribution < -0.4 is 5.32 Å². The zero-order chi connectivity index (χ0) is 10.9. The molecule has 0 aromatic carbocycles. The van der Waals surface area contributed by atoms with Gasteiger partial charge in [0.15, 0.2) is 0 Å². The van der Waals surface area contributed by atoms with Crippen LogP contribution >= 0.6 is 11.8 Å². The SMILES string of the molecule is CC1(CN2CC(=O)NCC2=O)CCCS1. The van der Waals surface area contributed by atoms with Gasteiger partial charge < -0.3 is 10.2 Å². The molecule has 84 valence electrons.